The molecule has 2 aromatic rings. The Balaban J connectivity index is 1.38. The van der Waals surface area contributed by atoms with Gasteiger partial charge in [-0.3, -0.25) is 4.79 Å². The molecule has 1 fully saturated rings. The highest BCUT2D eigenvalue weighted by molar-refractivity contribution is 9.10. The van der Waals surface area contributed by atoms with Crippen LogP contribution < -0.4 is 15.4 Å². The molecule has 4 rings (SSSR count). The molecule has 0 radical (unpaired) electrons. The summed E-state index contributed by atoms with van der Waals surface area (Å²) in [5.41, 5.74) is 4.99. The molecule has 0 bridgehead atoms. The molecule has 0 aromatic heterocycles. The number of nitrogens with one attached hydrogen (secondary N) is 2. The van der Waals surface area contributed by atoms with Crippen molar-refractivity contribution in [2.24, 2.45) is 5.92 Å². The van der Waals surface area contributed by atoms with Crippen LogP contribution in [-0.2, 0) is 11.3 Å². The molecule has 164 valence electrons. The van der Waals surface area contributed by atoms with Crippen molar-refractivity contribution in [2.45, 2.75) is 52.1 Å². The summed E-state index contributed by atoms with van der Waals surface area (Å²) in [6.07, 6.45) is 3.19. The summed E-state index contributed by atoms with van der Waals surface area (Å²) in [7, 11) is 1.63. The van der Waals surface area contributed by atoms with E-state index < -0.39 is 0 Å². The minimum Gasteiger partial charge on any atom is -0.496 e. The van der Waals surface area contributed by atoms with E-state index in [0.29, 0.717) is 6.54 Å². The number of methoxy groups -OCH3 is 1. The standard InChI is InChI=1S/C24H28BrN3O3/c1-14-4-7-17(12-22(14)31-3)26-23(29)16-5-8-18(9-6-16)28-13-19-15(2)20(25)10-11-21(19)27-24(28)30/h4,7,10-12,16,18H,5-6,8-9,13H2,1-3H3,(H,26,29)(H,27,30). The Morgan fingerprint density at radius 2 is 1.90 bits per heavy atom. The van der Waals surface area contributed by atoms with Crippen LogP contribution in [0, 0.1) is 19.8 Å². The number of nitrogens with zero attached hydrogens (tertiary/aromatic N) is 1. The molecule has 0 spiro atoms. The van der Waals surface area contributed by atoms with Crippen molar-refractivity contribution in [2.75, 3.05) is 17.7 Å². The SMILES string of the molecule is COc1cc(NC(=O)C2CCC(N3Cc4c(ccc(Br)c4C)NC3=O)CC2)ccc1C. The van der Waals surface area contributed by atoms with Gasteiger partial charge in [0.05, 0.1) is 13.7 Å². The molecule has 1 aliphatic carbocycles. The molecule has 7 heteroatoms. The lowest BCUT2D eigenvalue weighted by Crippen LogP contribution is -2.47. The van der Waals surface area contributed by atoms with Crippen LogP contribution >= 0.6 is 15.9 Å². The zero-order valence-electron chi connectivity index (χ0n) is 18.1. The van der Waals surface area contributed by atoms with Crippen molar-refractivity contribution >= 4 is 39.2 Å². The van der Waals surface area contributed by atoms with Crippen molar-refractivity contribution < 1.29 is 14.3 Å². The van der Waals surface area contributed by atoms with Crippen LogP contribution in [0.1, 0.15) is 42.4 Å². The number of ether oxygens (including phenoxy) is 1. The number of benzene rings is 2. The van der Waals surface area contributed by atoms with Gasteiger partial charge in [-0.2, -0.15) is 0 Å². The van der Waals surface area contributed by atoms with Gasteiger partial charge in [-0.15, -0.1) is 0 Å². The second-order valence-electron chi connectivity index (χ2n) is 8.44. The van der Waals surface area contributed by atoms with E-state index in [1.54, 1.807) is 7.11 Å². The molecule has 0 saturated heterocycles. The Hall–Kier alpha value is -2.54. The van der Waals surface area contributed by atoms with E-state index in [1.807, 2.05) is 42.2 Å². The summed E-state index contributed by atoms with van der Waals surface area (Å²) >= 11 is 3.59. The normalized spacial score (nSPS) is 20.6. The molecule has 3 amide bonds. The fraction of sp³-hybridized carbons (Fsp3) is 0.417. The highest BCUT2D eigenvalue weighted by Crippen LogP contribution is 2.35. The topological polar surface area (TPSA) is 70.7 Å². The first-order valence-electron chi connectivity index (χ1n) is 10.7. The summed E-state index contributed by atoms with van der Waals surface area (Å²) in [6.45, 7) is 4.65. The summed E-state index contributed by atoms with van der Waals surface area (Å²) < 4.78 is 6.40. The third kappa shape index (κ3) is 4.42. The fourth-order valence-electron chi connectivity index (χ4n) is 4.56. The smallest absolute Gasteiger partial charge is 0.322 e. The summed E-state index contributed by atoms with van der Waals surface area (Å²) in [5.74, 6) is 0.761. The van der Waals surface area contributed by atoms with Crippen LogP contribution in [0.15, 0.2) is 34.8 Å². The molecular weight excluding hydrogens is 458 g/mol. The zero-order valence-corrected chi connectivity index (χ0v) is 19.7. The number of rotatable bonds is 4. The molecule has 2 aliphatic rings. The lowest BCUT2D eigenvalue weighted by atomic mass is 9.84. The van der Waals surface area contributed by atoms with Gasteiger partial charge in [0.2, 0.25) is 5.91 Å². The second-order valence-corrected chi connectivity index (χ2v) is 9.29. The predicted octanol–water partition coefficient (Wildman–Crippen LogP) is 5.62. The van der Waals surface area contributed by atoms with Crippen molar-refractivity contribution in [1.29, 1.82) is 0 Å². The molecule has 2 aromatic carbocycles. The van der Waals surface area contributed by atoms with Gasteiger partial charge < -0.3 is 20.3 Å². The van der Waals surface area contributed by atoms with E-state index in [4.69, 9.17) is 4.74 Å². The van der Waals surface area contributed by atoms with Crippen molar-refractivity contribution in [1.82, 2.24) is 4.90 Å². The van der Waals surface area contributed by atoms with Gasteiger partial charge >= 0.3 is 6.03 Å². The average molecular weight is 486 g/mol. The van der Waals surface area contributed by atoms with Gasteiger partial charge in [0.25, 0.3) is 0 Å². The van der Waals surface area contributed by atoms with Gasteiger partial charge in [0, 0.05) is 33.9 Å². The van der Waals surface area contributed by atoms with E-state index in [2.05, 4.69) is 33.5 Å². The maximum absolute atomic E-state index is 12.8. The Kier molecular flexibility index (Phi) is 6.23. The molecule has 2 N–H and O–H groups in total. The summed E-state index contributed by atoms with van der Waals surface area (Å²) in [6, 6.07) is 9.72. The van der Waals surface area contributed by atoms with Gasteiger partial charge in [-0.25, -0.2) is 4.79 Å². The molecule has 1 heterocycles. The molecule has 6 nitrogen and oxygen atoms in total. The van der Waals surface area contributed by atoms with E-state index >= 15 is 0 Å². The monoisotopic (exact) mass is 485 g/mol. The van der Waals surface area contributed by atoms with Gasteiger partial charge in [0.15, 0.2) is 0 Å². The lowest BCUT2D eigenvalue weighted by molar-refractivity contribution is -0.121. The fourth-order valence-corrected chi connectivity index (χ4v) is 4.94. The quantitative estimate of drug-likeness (QED) is 0.590. The zero-order chi connectivity index (χ0) is 22.1. The van der Waals surface area contributed by atoms with Crippen LogP contribution in [-0.4, -0.2) is 30.0 Å². The van der Waals surface area contributed by atoms with Crippen LogP contribution in [0.4, 0.5) is 16.2 Å². The number of urea groups is 1. The molecule has 0 atom stereocenters. The molecule has 31 heavy (non-hydrogen) atoms. The van der Waals surface area contributed by atoms with E-state index in [-0.39, 0.29) is 23.9 Å². The Bertz CT molecular complexity index is 1020. The Labute approximate surface area is 191 Å². The molecule has 0 unspecified atom stereocenters. The average Bonchev–Trinajstić information content (AvgIpc) is 2.77. The number of halogens is 1. The van der Waals surface area contributed by atoms with Gasteiger partial charge in [-0.1, -0.05) is 22.0 Å². The minimum absolute atomic E-state index is 0.0394. The third-order valence-corrected chi connectivity index (χ3v) is 7.41. The first kappa shape index (κ1) is 21.7. The van der Waals surface area contributed by atoms with Crippen LogP contribution in [0.5, 0.6) is 5.75 Å². The van der Waals surface area contributed by atoms with E-state index in [0.717, 1.165) is 64.0 Å². The summed E-state index contributed by atoms with van der Waals surface area (Å²) in [4.78, 5) is 27.4. The predicted molar refractivity (Wildman–Crippen MR) is 126 cm³/mol. The van der Waals surface area contributed by atoms with Crippen LogP contribution in [0.3, 0.4) is 0 Å². The minimum atomic E-state index is -0.0473. The number of carbonyl (C=O) groups is 2. The second kappa shape index (κ2) is 8.91. The lowest BCUT2D eigenvalue weighted by Gasteiger charge is -2.39. The largest absolute Gasteiger partial charge is 0.496 e. The van der Waals surface area contributed by atoms with Crippen LogP contribution in [0.25, 0.3) is 0 Å². The third-order valence-electron chi connectivity index (χ3n) is 6.55. The number of anilines is 2. The summed E-state index contributed by atoms with van der Waals surface area (Å²) in [5, 5.41) is 6.06. The Morgan fingerprint density at radius 3 is 2.61 bits per heavy atom. The molecule has 1 aliphatic heterocycles. The number of carbonyl (C=O) groups excluding carboxylic acids is 2. The number of hydrogen-bond acceptors (Lipinski definition) is 3. The highest BCUT2D eigenvalue weighted by atomic mass is 79.9. The van der Waals surface area contributed by atoms with Gasteiger partial charge in [0.1, 0.15) is 5.75 Å². The van der Waals surface area contributed by atoms with Crippen molar-refractivity contribution in [3.63, 3.8) is 0 Å². The van der Waals surface area contributed by atoms with E-state index in [9.17, 15) is 9.59 Å². The van der Waals surface area contributed by atoms with E-state index in [1.165, 1.54) is 0 Å². The molecular formula is C24H28BrN3O3. The first-order valence-corrected chi connectivity index (χ1v) is 11.5. The van der Waals surface area contributed by atoms with Gasteiger partial charge in [-0.05, 0) is 74.4 Å². The number of amides is 3. The number of aryl methyl sites for hydroxylation is 1. The first-order chi connectivity index (χ1) is 14.9. The maximum Gasteiger partial charge on any atom is 0.322 e. The molecule has 1 saturated carbocycles. The van der Waals surface area contributed by atoms with Crippen LogP contribution in [0.2, 0.25) is 0 Å². The number of fused-ring (bicyclic) bond motifs is 1. The van der Waals surface area contributed by atoms with Crippen molar-refractivity contribution in [3.8, 4) is 5.75 Å². The highest BCUT2D eigenvalue weighted by Gasteiger charge is 2.34. The van der Waals surface area contributed by atoms with Crippen molar-refractivity contribution in [3.05, 3.63) is 51.5 Å². The number of hydrogen-bond donors (Lipinski definition) is 2. The maximum atomic E-state index is 12.8. The Morgan fingerprint density at radius 1 is 1.16 bits per heavy atom.